The van der Waals surface area contributed by atoms with Crippen molar-refractivity contribution in [1.29, 1.82) is 0 Å². The molecule has 23 heavy (non-hydrogen) atoms. The van der Waals surface area contributed by atoms with Gasteiger partial charge in [-0.15, -0.1) is 0 Å². The van der Waals surface area contributed by atoms with Gasteiger partial charge in [-0.3, -0.25) is 5.32 Å². The van der Waals surface area contributed by atoms with Crippen LogP contribution in [0.4, 0.5) is 22.1 Å². The third kappa shape index (κ3) is 4.10. The lowest BCUT2D eigenvalue weighted by Crippen LogP contribution is -2.30. The van der Waals surface area contributed by atoms with Crippen LogP contribution in [-0.2, 0) is 0 Å². The maximum absolute atomic E-state index is 12.1. The minimum absolute atomic E-state index is 0.388. The fourth-order valence-corrected chi connectivity index (χ4v) is 2.73. The number of hydrogen-bond acceptors (Lipinski definition) is 4. The Hall–Kier alpha value is -2.34. The molecule has 0 saturated carbocycles. The van der Waals surface area contributed by atoms with E-state index in [4.69, 9.17) is 11.6 Å². The van der Waals surface area contributed by atoms with E-state index in [0.29, 0.717) is 16.5 Å². The quantitative estimate of drug-likeness (QED) is 0.898. The number of aromatic nitrogens is 2. The number of rotatable bonds is 3. The second kappa shape index (κ2) is 7.28. The molecule has 1 aliphatic rings. The van der Waals surface area contributed by atoms with Crippen LogP contribution in [0.25, 0.3) is 0 Å². The molecule has 7 heteroatoms. The molecule has 1 saturated heterocycles. The number of hydrogen-bond donors (Lipinski definition) is 2. The molecule has 0 aliphatic carbocycles. The molecule has 120 valence electrons. The van der Waals surface area contributed by atoms with Gasteiger partial charge in [0.1, 0.15) is 18.0 Å². The van der Waals surface area contributed by atoms with Gasteiger partial charge in [-0.05, 0) is 31.4 Å². The lowest BCUT2D eigenvalue weighted by molar-refractivity contribution is 0.262. The van der Waals surface area contributed by atoms with Gasteiger partial charge in [0.15, 0.2) is 0 Å². The summed E-state index contributed by atoms with van der Waals surface area (Å²) in [5, 5.41) is 5.90. The Kier molecular flexibility index (Phi) is 4.92. The zero-order valence-electron chi connectivity index (χ0n) is 12.6. The molecule has 0 bridgehead atoms. The Morgan fingerprint density at radius 2 is 1.87 bits per heavy atom. The second-order valence-electron chi connectivity index (χ2n) is 5.37. The average molecular weight is 332 g/mol. The van der Waals surface area contributed by atoms with E-state index >= 15 is 0 Å². The first-order chi connectivity index (χ1) is 11.2. The number of benzene rings is 1. The van der Waals surface area contributed by atoms with Crippen LogP contribution >= 0.6 is 11.6 Å². The van der Waals surface area contributed by atoms with E-state index in [1.54, 1.807) is 30.3 Å². The lowest BCUT2D eigenvalue weighted by atomic mass is 10.1. The zero-order valence-corrected chi connectivity index (χ0v) is 13.4. The van der Waals surface area contributed by atoms with Crippen molar-refractivity contribution in [3.05, 3.63) is 41.7 Å². The van der Waals surface area contributed by atoms with Gasteiger partial charge in [-0.2, -0.15) is 0 Å². The van der Waals surface area contributed by atoms with Gasteiger partial charge >= 0.3 is 6.03 Å². The summed E-state index contributed by atoms with van der Waals surface area (Å²) in [6.07, 6.45) is 5.06. The Morgan fingerprint density at radius 3 is 2.65 bits per heavy atom. The van der Waals surface area contributed by atoms with E-state index in [2.05, 4.69) is 25.5 Å². The molecule has 2 N–H and O–H groups in total. The van der Waals surface area contributed by atoms with Crippen molar-refractivity contribution in [3.8, 4) is 0 Å². The lowest BCUT2D eigenvalue weighted by Gasteiger charge is -2.27. The Morgan fingerprint density at radius 1 is 1.09 bits per heavy atom. The minimum Gasteiger partial charge on any atom is -0.356 e. The second-order valence-corrected chi connectivity index (χ2v) is 5.78. The number of para-hydroxylation sites is 1. The fraction of sp³-hybridized carbons (Fsp3) is 0.312. The summed E-state index contributed by atoms with van der Waals surface area (Å²) in [5.41, 5.74) is 0.553. The van der Waals surface area contributed by atoms with Crippen LogP contribution < -0.4 is 15.5 Å². The van der Waals surface area contributed by atoms with Gasteiger partial charge in [-0.25, -0.2) is 14.8 Å². The van der Waals surface area contributed by atoms with Gasteiger partial charge in [0, 0.05) is 19.2 Å². The molecule has 0 unspecified atom stereocenters. The number of halogens is 1. The normalized spacial score (nSPS) is 14.4. The first-order valence-corrected chi connectivity index (χ1v) is 8.00. The van der Waals surface area contributed by atoms with Crippen LogP contribution in [0.5, 0.6) is 0 Å². The number of carbonyl (C=O) groups is 1. The molecule has 2 heterocycles. The highest BCUT2D eigenvalue weighted by molar-refractivity contribution is 6.33. The van der Waals surface area contributed by atoms with Gasteiger partial charge in [-0.1, -0.05) is 23.7 Å². The molecule has 6 nitrogen and oxygen atoms in total. The summed E-state index contributed by atoms with van der Waals surface area (Å²) in [6.45, 7) is 1.98. The number of anilines is 3. The molecule has 1 aliphatic heterocycles. The summed E-state index contributed by atoms with van der Waals surface area (Å²) < 4.78 is 0. The highest BCUT2D eigenvalue weighted by atomic mass is 35.5. The van der Waals surface area contributed by atoms with Crippen LogP contribution in [0.1, 0.15) is 19.3 Å². The molecule has 1 fully saturated rings. The summed E-state index contributed by atoms with van der Waals surface area (Å²) >= 11 is 6.02. The Bertz CT molecular complexity index is 688. The number of nitrogens with zero attached hydrogens (tertiary/aromatic N) is 3. The number of urea groups is 1. The van der Waals surface area contributed by atoms with E-state index in [0.717, 1.165) is 18.9 Å². The molecular formula is C16H18ClN5O. The first-order valence-electron chi connectivity index (χ1n) is 7.62. The fourth-order valence-electron chi connectivity index (χ4n) is 2.54. The summed E-state index contributed by atoms with van der Waals surface area (Å²) in [6, 6.07) is 8.47. The van der Waals surface area contributed by atoms with Crippen molar-refractivity contribution >= 4 is 35.0 Å². The summed E-state index contributed by atoms with van der Waals surface area (Å²) in [4.78, 5) is 22.7. The van der Waals surface area contributed by atoms with Gasteiger partial charge < -0.3 is 10.2 Å². The van der Waals surface area contributed by atoms with Crippen molar-refractivity contribution in [3.63, 3.8) is 0 Å². The summed E-state index contributed by atoms with van der Waals surface area (Å²) in [7, 11) is 0. The smallest absolute Gasteiger partial charge is 0.324 e. The van der Waals surface area contributed by atoms with E-state index in [-0.39, 0.29) is 6.03 Å². The number of carbonyl (C=O) groups excluding carboxylic acids is 1. The van der Waals surface area contributed by atoms with Crippen molar-refractivity contribution in [2.45, 2.75) is 19.3 Å². The van der Waals surface area contributed by atoms with Gasteiger partial charge in [0.2, 0.25) is 0 Å². The third-order valence-electron chi connectivity index (χ3n) is 3.70. The number of piperidine rings is 1. The highest BCUT2D eigenvalue weighted by Crippen LogP contribution is 2.21. The third-order valence-corrected chi connectivity index (χ3v) is 4.03. The molecule has 1 aromatic carbocycles. The SMILES string of the molecule is O=C(Nc1cc(N2CCCCC2)ncn1)Nc1ccccc1Cl. The zero-order chi connectivity index (χ0) is 16.1. The van der Waals surface area contributed by atoms with Crippen LogP contribution in [-0.4, -0.2) is 29.1 Å². The monoisotopic (exact) mass is 331 g/mol. The molecule has 1 aromatic heterocycles. The van der Waals surface area contributed by atoms with E-state index in [1.807, 2.05) is 0 Å². The van der Waals surface area contributed by atoms with Crippen LogP contribution in [0, 0.1) is 0 Å². The molecule has 2 amide bonds. The highest BCUT2D eigenvalue weighted by Gasteiger charge is 2.13. The standard InChI is InChI=1S/C16H18ClN5O/c17-12-6-2-3-7-13(12)20-16(23)21-14-10-15(19-11-18-14)22-8-4-1-5-9-22/h2-3,6-7,10-11H,1,4-5,8-9H2,(H2,18,19,20,21,23). The van der Waals surface area contributed by atoms with Crippen molar-refractivity contribution < 1.29 is 4.79 Å². The van der Waals surface area contributed by atoms with Gasteiger partial charge in [0.25, 0.3) is 0 Å². The largest absolute Gasteiger partial charge is 0.356 e. The Labute approximate surface area is 139 Å². The van der Waals surface area contributed by atoms with E-state index in [1.165, 1.54) is 25.6 Å². The first kappa shape index (κ1) is 15.6. The molecule has 3 rings (SSSR count). The summed E-state index contributed by atoms with van der Waals surface area (Å²) in [5.74, 6) is 1.30. The Balaban J connectivity index is 1.65. The van der Waals surface area contributed by atoms with Crippen molar-refractivity contribution in [1.82, 2.24) is 9.97 Å². The van der Waals surface area contributed by atoms with Crippen LogP contribution in [0.15, 0.2) is 36.7 Å². The molecule has 2 aromatic rings. The van der Waals surface area contributed by atoms with E-state index < -0.39 is 0 Å². The molecule has 0 atom stereocenters. The minimum atomic E-state index is -0.388. The van der Waals surface area contributed by atoms with E-state index in [9.17, 15) is 4.79 Å². The number of nitrogens with one attached hydrogen (secondary N) is 2. The van der Waals surface area contributed by atoms with Gasteiger partial charge in [0.05, 0.1) is 10.7 Å². The van der Waals surface area contributed by atoms with Crippen molar-refractivity contribution in [2.75, 3.05) is 28.6 Å². The van der Waals surface area contributed by atoms with Crippen LogP contribution in [0.3, 0.4) is 0 Å². The molecule has 0 spiro atoms. The predicted octanol–water partition coefficient (Wildman–Crippen LogP) is 3.76. The molecular weight excluding hydrogens is 314 g/mol. The average Bonchev–Trinajstić information content (AvgIpc) is 2.58. The van der Waals surface area contributed by atoms with Crippen molar-refractivity contribution in [2.24, 2.45) is 0 Å². The topological polar surface area (TPSA) is 70.2 Å². The maximum Gasteiger partial charge on any atom is 0.324 e. The maximum atomic E-state index is 12.1. The predicted molar refractivity (Wildman–Crippen MR) is 92.2 cm³/mol. The van der Waals surface area contributed by atoms with Crippen LogP contribution in [0.2, 0.25) is 5.02 Å². The number of amides is 2. The molecule has 0 radical (unpaired) electrons.